The van der Waals surface area contributed by atoms with E-state index in [0.717, 1.165) is 25.1 Å². The first-order valence-corrected chi connectivity index (χ1v) is 9.91. The van der Waals surface area contributed by atoms with Crippen molar-refractivity contribution in [3.8, 4) is 0 Å². The Kier molecular flexibility index (Phi) is 5.05. The lowest BCUT2D eigenvalue weighted by Crippen LogP contribution is -2.25. The molecule has 0 saturated heterocycles. The number of halogens is 2. The average Bonchev–Trinajstić information content (AvgIpc) is 3.18. The molecule has 4 rings (SSSR count). The molecule has 0 unspecified atom stereocenters. The number of hydrogen-bond acceptors (Lipinski definition) is 3. The number of nitrogens with one attached hydrogen (secondary N) is 1. The molecular weight excluding hydrogens is 429 g/mol. The molecule has 1 amide bonds. The fourth-order valence-corrected chi connectivity index (χ4v) is 4.53. The van der Waals surface area contributed by atoms with Gasteiger partial charge in [0.15, 0.2) is 0 Å². The molecule has 0 fully saturated rings. The second-order valence-electron chi connectivity index (χ2n) is 6.08. The van der Waals surface area contributed by atoms with Crippen LogP contribution in [0.2, 0.25) is 0 Å². The second kappa shape index (κ2) is 7.62. The minimum absolute atomic E-state index is 0.164. The number of hydrogen-bond donors (Lipinski definition) is 1. The number of thiophene rings is 1. The Morgan fingerprint density at radius 1 is 1.15 bits per heavy atom. The predicted octanol–water partition coefficient (Wildman–Crippen LogP) is 4.98. The van der Waals surface area contributed by atoms with Crippen molar-refractivity contribution in [2.75, 3.05) is 0 Å². The number of aromatic nitrogens is 2. The average molecular weight is 444 g/mol. The number of carbonyl (C=O) groups is 1. The number of carbonyl (C=O) groups excluding carboxylic acids is 1. The molecule has 0 aliphatic carbocycles. The number of pyridine rings is 1. The van der Waals surface area contributed by atoms with Gasteiger partial charge in [-0.2, -0.15) is 0 Å². The maximum absolute atomic E-state index is 13.6. The summed E-state index contributed by atoms with van der Waals surface area (Å²) in [7, 11) is 0. The molecule has 4 nitrogen and oxygen atoms in total. The molecule has 7 heteroatoms. The highest BCUT2D eigenvalue weighted by molar-refractivity contribution is 9.11. The summed E-state index contributed by atoms with van der Waals surface area (Å²) in [4.78, 5) is 16.8. The van der Waals surface area contributed by atoms with Gasteiger partial charge in [-0.25, -0.2) is 4.39 Å². The zero-order valence-corrected chi connectivity index (χ0v) is 16.6. The van der Waals surface area contributed by atoms with E-state index in [-0.39, 0.29) is 11.7 Å². The molecule has 1 N–H and O–H groups in total. The van der Waals surface area contributed by atoms with Crippen molar-refractivity contribution in [2.24, 2.45) is 0 Å². The van der Waals surface area contributed by atoms with Crippen LogP contribution in [0, 0.1) is 5.82 Å². The molecule has 136 valence electrons. The van der Waals surface area contributed by atoms with E-state index in [0.29, 0.717) is 18.8 Å². The number of rotatable bonds is 5. The van der Waals surface area contributed by atoms with Gasteiger partial charge in [0.25, 0.3) is 5.91 Å². The van der Waals surface area contributed by atoms with Gasteiger partial charge in [0.05, 0.1) is 14.0 Å². The number of fused-ring (bicyclic) bond motifs is 1. The molecule has 0 spiro atoms. The Balaban J connectivity index is 1.65. The van der Waals surface area contributed by atoms with Gasteiger partial charge < -0.3 is 9.88 Å². The number of benzene rings is 1. The van der Waals surface area contributed by atoms with Crippen molar-refractivity contribution in [2.45, 2.75) is 13.1 Å². The predicted molar refractivity (Wildman–Crippen MR) is 108 cm³/mol. The Morgan fingerprint density at radius 3 is 2.74 bits per heavy atom. The molecule has 0 atom stereocenters. The summed E-state index contributed by atoms with van der Waals surface area (Å²) >= 11 is 5.06. The minimum atomic E-state index is -0.286. The summed E-state index contributed by atoms with van der Waals surface area (Å²) in [5.74, 6) is -0.450. The standard InChI is InChI=1S/C20H15BrFN3OS/c21-19-10-16-18(27-19)9-17(20(26)24-11-13-4-6-23-7-5-13)25(16)12-14-2-1-3-15(22)8-14/h1-10H,11-12H2,(H,24,26). The zero-order valence-electron chi connectivity index (χ0n) is 14.2. The van der Waals surface area contributed by atoms with Crippen LogP contribution in [-0.2, 0) is 13.1 Å². The smallest absolute Gasteiger partial charge is 0.268 e. The summed E-state index contributed by atoms with van der Waals surface area (Å²) in [5.41, 5.74) is 3.29. The zero-order chi connectivity index (χ0) is 18.8. The summed E-state index contributed by atoms with van der Waals surface area (Å²) in [6.45, 7) is 0.840. The third-order valence-corrected chi connectivity index (χ3v) is 5.80. The van der Waals surface area contributed by atoms with Gasteiger partial charge >= 0.3 is 0 Å². The molecule has 0 radical (unpaired) electrons. The van der Waals surface area contributed by atoms with Crippen molar-refractivity contribution in [3.05, 3.63) is 87.3 Å². The Labute approximate surface area is 167 Å². The minimum Gasteiger partial charge on any atom is -0.347 e. The van der Waals surface area contributed by atoms with E-state index in [2.05, 4.69) is 26.2 Å². The van der Waals surface area contributed by atoms with Crippen LogP contribution in [-0.4, -0.2) is 15.5 Å². The first-order valence-electron chi connectivity index (χ1n) is 8.30. The van der Waals surface area contributed by atoms with Gasteiger partial charge in [-0.3, -0.25) is 9.78 Å². The van der Waals surface area contributed by atoms with Crippen LogP contribution in [0.4, 0.5) is 4.39 Å². The maximum Gasteiger partial charge on any atom is 0.268 e. The summed E-state index contributed by atoms with van der Waals surface area (Å²) in [5, 5.41) is 2.95. The van der Waals surface area contributed by atoms with Gasteiger partial charge in [-0.05, 0) is 63.5 Å². The fourth-order valence-electron chi connectivity index (χ4n) is 2.96. The fraction of sp³-hybridized carbons (Fsp3) is 0.100. The first kappa shape index (κ1) is 17.9. The third kappa shape index (κ3) is 3.94. The Hall–Kier alpha value is -2.51. The summed E-state index contributed by atoms with van der Waals surface area (Å²) in [6, 6.07) is 14.0. The third-order valence-electron chi connectivity index (χ3n) is 4.22. The van der Waals surface area contributed by atoms with Crippen molar-refractivity contribution in [1.82, 2.24) is 14.9 Å². The van der Waals surface area contributed by atoms with Crippen LogP contribution in [0.5, 0.6) is 0 Å². The van der Waals surface area contributed by atoms with E-state index in [1.165, 1.54) is 12.1 Å². The molecule has 0 aliphatic heterocycles. The van der Waals surface area contributed by atoms with Crippen LogP contribution in [0.15, 0.2) is 64.7 Å². The Bertz CT molecular complexity index is 1110. The number of nitrogens with zero attached hydrogens (tertiary/aromatic N) is 2. The quantitative estimate of drug-likeness (QED) is 0.472. The number of amides is 1. The first-order chi connectivity index (χ1) is 13.1. The molecule has 0 bridgehead atoms. The van der Waals surface area contributed by atoms with Crippen LogP contribution in [0.3, 0.4) is 0 Å². The van der Waals surface area contributed by atoms with Crippen molar-refractivity contribution in [1.29, 1.82) is 0 Å². The molecule has 1 aromatic carbocycles. The monoisotopic (exact) mass is 443 g/mol. The summed E-state index contributed by atoms with van der Waals surface area (Å²) in [6.07, 6.45) is 3.39. The van der Waals surface area contributed by atoms with Gasteiger partial charge in [0.2, 0.25) is 0 Å². The second-order valence-corrected chi connectivity index (χ2v) is 8.55. The lowest BCUT2D eigenvalue weighted by Gasteiger charge is -2.11. The van der Waals surface area contributed by atoms with E-state index in [1.807, 2.05) is 34.9 Å². The Morgan fingerprint density at radius 2 is 1.96 bits per heavy atom. The molecule has 4 aromatic rings. The van der Waals surface area contributed by atoms with E-state index >= 15 is 0 Å². The molecular formula is C20H15BrFN3OS. The normalized spacial score (nSPS) is 11.0. The van der Waals surface area contributed by atoms with Crippen molar-refractivity contribution in [3.63, 3.8) is 0 Å². The van der Waals surface area contributed by atoms with Crippen LogP contribution < -0.4 is 5.32 Å². The SMILES string of the molecule is O=C(NCc1ccncc1)c1cc2sc(Br)cc2n1Cc1cccc(F)c1. The topological polar surface area (TPSA) is 46.9 Å². The highest BCUT2D eigenvalue weighted by atomic mass is 79.9. The lowest BCUT2D eigenvalue weighted by atomic mass is 10.2. The van der Waals surface area contributed by atoms with Crippen LogP contribution in [0.25, 0.3) is 10.2 Å². The van der Waals surface area contributed by atoms with E-state index < -0.39 is 0 Å². The van der Waals surface area contributed by atoms with Crippen molar-refractivity contribution >= 4 is 43.4 Å². The highest BCUT2D eigenvalue weighted by Crippen LogP contribution is 2.33. The van der Waals surface area contributed by atoms with Crippen LogP contribution in [0.1, 0.15) is 21.6 Å². The lowest BCUT2D eigenvalue weighted by molar-refractivity contribution is 0.0942. The molecule has 27 heavy (non-hydrogen) atoms. The summed E-state index contributed by atoms with van der Waals surface area (Å²) < 4.78 is 17.5. The molecule has 0 saturated carbocycles. The molecule has 3 heterocycles. The van der Waals surface area contributed by atoms with Gasteiger partial charge in [0.1, 0.15) is 11.5 Å². The maximum atomic E-state index is 13.6. The van der Waals surface area contributed by atoms with E-state index in [9.17, 15) is 9.18 Å². The van der Waals surface area contributed by atoms with Crippen molar-refractivity contribution < 1.29 is 9.18 Å². The highest BCUT2D eigenvalue weighted by Gasteiger charge is 2.18. The van der Waals surface area contributed by atoms with E-state index in [1.54, 1.807) is 29.8 Å². The van der Waals surface area contributed by atoms with Gasteiger partial charge in [-0.15, -0.1) is 11.3 Å². The van der Waals surface area contributed by atoms with Crippen LogP contribution >= 0.6 is 27.3 Å². The van der Waals surface area contributed by atoms with E-state index in [4.69, 9.17) is 0 Å². The van der Waals surface area contributed by atoms with Gasteiger partial charge in [0, 0.05) is 25.5 Å². The van der Waals surface area contributed by atoms with Gasteiger partial charge in [-0.1, -0.05) is 12.1 Å². The molecule has 0 aliphatic rings. The largest absolute Gasteiger partial charge is 0.347 e. The molecule has 3 aromatic heterocycles.